The van der Waals surface area contributed by atoms with Crippen molar-refractivity contribution in [3.8, 4) is 17.2 Å². The molecule has 13 heteroatoms. The van der Waals surface area contributed by atoms with Gasteiger partial charge in [0, 0.05) is 46.5 Å². The number of hydrogen-bond acceptors (Lipinski definition) is 13. The highest BCUT2D eigenvalue weighted by molar-refractivity contribution is 5.95. The van der Waals surface area contributed by atoms with Crippen molar-refractivity contribution < 1.29 is 62.1 Å². The highest BCUT2D eigenvalue weighted by Crippen LogP contribution is 2.30. The second kappa shape index (κ2) is 28.1. The standard InChI is InChI=1S/C29H38O7.C21H30O6/c1-21-8-5-6-9-23-10-7-11-26(33-4)28(23)29(30)36-25(18-27(21)35-20-31-2)16-17-34-19-22-12-14-24(32-3)15-13-22;1-15-7-4-5-8-16-9-6-10-18(25-3)20(16)21(23)27-17(11-12-22)13-19(15)26-14-24-2/h5-7,10-15,21,25,27H,8-9,16-20H2,1-4H3;4-6,9-10,15,17,19,22H,7-8,11-14H2,1-3H3/b6-5+;5-4+/t21-,25-,27+;15-,17-,19+/m00/s1. The largest absolute Gasteiger partial charge is 0.497 e. The van der Waals surface area contributed by atoms with E-state index in [0.29, 0.717) is 74.4 Å². The zero-order valence-corrected chi connectivity index (χ0v) is 38.1. The van der Waals surface area contributed by atoms with Crippen LogP contribution in [0.25, 0.3) is 0 Å². The van der Waals surface area contributed by atoms with Crippen LogP contribution in [0.15, 0.2) is 85.0 Å². The summed E-state index contributed by atoms with van der Waals surface area (Å²) in [6, 6.07) is 18.9. The third-order valence-electron chi connectivity index (χ3n) is 11.2. The molecule has 0 amide bonds. The van der Waals surface area contributed by atoms with Crippen LogP contribution in [0.3, 0.4) is 0 Å². The van der Waals surface area contributed by atoms with Crippen molar-refractivity contribution in [1.82, 2.24) is 0 Å². The van der Waals surface area contributed by atoms with Crippen molar-refractivity contribution in [1.29, 1.82) is 0 Å². The minimum absolute atomic E-state index is 0.0675. The van der Waals surface area contributed by atoms with Gasteiger partial charge >= 0.3 is 11.9 Å². The van der Waals surface area contributed by atoms with Gasteiger partial charge in [0.2, 0.25) is 0 Å². The highest BCUT2D eigenvalue weighted by atomic mass is 16.7. The van der Waals surface area contributed by atoms with Crippen molar-refractivity contribution in [3.05, 3.63) is 113 Å². The lowest BCUT2D eigenvalue weighted by atomic mass is 9.93. The molecule has 2 aliphatic heterocycles. The molecule has 2 aliphatic rings. The average Bonchev–Trinajstić information content (AvgIpc) is 3.29. The third-order valence-corrected chi connectivity index (χ3v) is 11.2. The number of cyclic esters (lactones) is 2. The predicted octanol–water partition coefficient (Wildman–Crippen LogP) is 8.47. The zero-order chi connectivity index (χ0) is 45.4. The highest BCUT2D eigenvalue weighted by Gasteiger charge is 2.29. The number of carbonyl (C=O) groups is 2. The van der Waals surface area contributed by atoms with Crippen LogP contribution in [0, 0.1) is 11.8 Å². The van der Waals surface area contributed by atoms with E-state index in [1.165, 1.54) is 7.11 Å². The number of benzene rings is 3. The summed E-state index contributed by atoms with van der Waals surface area (Å²) in [5.41, 5.74) is 3.70. The topological polar surface area (TPSA) is 147 Å². The van der Waals surface area contributed by atoms with Crippen LogP contribution >= 0.6 is 0 Å². The Morgan fingerprint density at radius 2 is 1.11 bits per heavy atom. The van der Waals surface area contributed by atoms with Crippen LogP contribution in [0.5, 0.6) is 17.2 Å². The molecule has 0 bridgehead atoms. The van der Waals surface area contributed by atoms with Crippen LogP contribution in [-0.2, 0) is 52.6 Å². The van der Waals surface area contributed by atoms with Crippen LogP contribution in [-0.4, -0.2) is 104 Å². The summed E-state index contributed by atoms with van der Waals surface area (Å²) < 4.78 is 55.9. The molecule has 0 radical (unpaired) electrons. The van der Waals surface area contributed by atoms with Gasteiger partial charge in [-0.2, -0.15) is 0 Å². The first kappa shape index (κ1) is 50.9. The normalized spacial score (nSPS) is 22.9. The Morgan fingerprint density at radius 3 is 1.56 bits per heavy atom. The fourth-order valence-electron chi connectivity index (χ4n) is 7.54. The van der Waals surface area contributed by atoms with Crippen LogP contribution in [0.4, 0.5) is 0 Å². The summed E-state index contributed by atoms with van der Waals surface area (Å²) in [6.07, 6.45) is 12.1. The maximum atomic E-state index is 13.4. The van der Waals surface area contributed by atoms with Gasteiger partial charge in [-0.15, -0.1) is 0 Å². The molecular formula is C50H68O13. The lowest BCUT2D eigenvalue weighted by molar-refractivity contribution is -0.104. The van der Waals surface area contributed by atoms with Gasteiger partial charge in [-0.25, -0.2) is 9.59 Å². The predicted molar refractivity (Wildman–Crippen MR) is 239 cm³/mol. The molecular weight excluding hydrogens is 809 g/mol. The number of methoxy groups -OCH3 is 5. The lowest BCUT2D eigenvalue weighted by Crippen LogP contribution is -2.32. The number of carbonyl (C=O) groups excluding carboxylic acids is 2. The zero-order valence-electron chi connectivity index (χ0n) is 38.1. The van der Waals surface area contributed by atoms with Gasteiger partial charge in [0.05, 0.1) is 46.8 Å². The first-order chi connectivity index (χ1) is 30.6. The summed E-state index contributed by atoms with van der Waals surface area (Å²) in [7, 11) is 7.93. The Bertz CT molecular complexity index is 1860. The number of rotatable bonds is 16. The lowest BCUT2D eigenvalue weighted by Gasteiger charge is -2.28. The summed E-state index contributed by atoms with van der Waals surface area (Å²) in [5, 5.41) is 9.42. The molecule has 1 N–H and O–H groups in total. The smallest absolute Gasteiger partial charge is 0.342 e. The van der Waals surface area contributed by atoms with E-state index in [1.807, 2.05) is 48.5 Å². The van der Waals surface area contributed by atoms with E-state index in [9.17, 15) is 14.7 Å². The molecule has 0 spiro atoms. The van der Waals surface area contributed by atoms with Gasteiger partial charge < -0.3 is 52.5 Å². The number of hydrogen-bond donors (Lipinski definition) is 1. The Labute approximate surface area is 373 Å². The molecule has 63 heavy (non-hydrogen) atoms. The van der Waals surface area contributed by atoms with Crippen LogP contribution in [0.1, 0.15) is 89.8 Å². The number of aliphatic hydroxyl groups is 1. The summed E-state index contributed by atoms with van der Waals surface area (Å²) in [4.78, 5) is 26.3. The van der Waals surface area contributed by atoms with E-state index < -0.39 is 18.0 Å². The first-order valence-electron chi connectivity index (χ1n) is 21.7. The van der Waals surface area contributed by atoms with Crippen LogP contribution in [0.2, 0.25) is 0 Å². The molecule has 0 aliphatic carbocycles. The van der Waals surface area contributed by atoms with Gasteiger partial charge in [-0.3, -0.25) is 0 Å². The summed E-state index contributed by atoms with van der Waals surface area (Å²) >= 11 is 0. The molecule has 6 atom stereocenters. The van der Waals surface area contributed by atoms with Crippen molar-refractivity contribution in [2.75, 3.05) is 62.3 Å². The number of allylic oxidation sites excluding steroid dienone is 4. The van der Waals surface area contributed by atoms with E-state index in [4.69, 9.17) is 47.4 Å². The molecule has 3 aromatic carbocycles. The average molecular weight is 877 g/mol. The Kier molecular flexibility index (Phi) is 22.7. The SMILES string of the molecule is COCO[C@@H]1C[C@H](CCO)OC(=O)c2c(cccc2OC)C/C=C/C[C@@H]1C.COCO[C@@H]1C[C@H](CCOCc2ccc(OC)cc2)OC(=O)c2c(cccc2OC)C/C=C/C[C@@H]1C. The maximum Gasteiger partial charge on any atom is 0.342 e. The van der Waals surface area contributed by atoms with Crippen molar-refractivity contribution in [2.24, 2.45) is 11.8 Å². The summed E-state index contributed by atoms with van der Waals surface area (Å²) in [6.45, 7) is 5.44. The molecule has 5 rings (SSSR count). The minimum Gasteiger partial charge on any atom is -0.497 e. The van der Waals surface area contributed by atoms with Gasteiger partial charge in [0.1, 0.15) is 54.2 Å². The molecule has 0 aromatic heterocycles. The second-order valence-corrected chi connectivity index (χ2v) is 15.7. The molecule has 0 unspecified atom stereocenters. The fraction of sp³-hybridized carbons (Fsp3) is 0.520. The third kappa shape index (κ3) is 16.4. The van der Waals surface area contributed by atoms with E-state index in [2.05, 4.69) is 38.2 Å². The number of fused-ring (bicyclic) bond motifs is 2. The Hall–Kier alpha value is -4.76. The fourth-order valence-corrected chi connectivity index (χ4v) is 7.54. The van der Waals surface area contributed by atoms with Crippen molar-refractivity contribution in [3.63, 3.8) is 0 Å². The first-order valence-corrected chi connectivity index (χ1v) is 21.7. The molecule has 0 fully saturated rings. The van der Waals surface area contributed by atoms with E-state index in [-0.39, 0.29) is 50.3 Å². The van der Waals surface area contributed by atoms with Gasteiger partial charge in [0.25, 0.3) is 0 Å². The monoisotopic (exact) mass is 876 g/mol. The number of ether oxygens (including phenoxy) is 10. The number of esters is 2. The van der Waals surface area contributed by atoms with Gasteiger partial charge in [-0.1, -0.05) is 74.5 Å². The van der Waals surface area contributed by atoms with Crippen molar-refractivity contribution in [2.45, 2.75) is 96.2 Å². The molecule has 346 valence electrons. The van der Waals surface area contributed by atoms with Crippen molar-refractivity contribution >= 4 is 11.9 Å². The minimum atomic E-state index is -0.451. The molecule has 0 saturated heterocycles. The van der Waals surface area contributed by atoms with Gasteiger partial charge in [0.15, 0.2) is 0 Å². The molecule has 2 heterocycles. The Morgan fingerprint density at radius 1 is 0.619 bits per heavy atom. The van der Waals surface area contributed by atoms with E-state index in [0.717, 1.165) is 35.3 Å². The van der Waals surface area contributed by atoms with Crippen LogP contribution < -0.4 is 14.2 Å². The molecule has 0 saturated carbocycles. The second-order valence-electron chi connectivity index (χ2n) is 15.7. The Balaban J connectivity index is 0.000000288. The van der Waals surface area contributed by atoms with E-state index >= 15 is 0 Å². The van der Waals surface area contributed by atoms with E-state index in [1.54, 1.807) is 40.6 Å². The molecule has 13 nitrogen and oxygen atoms in total. The summed E-state index contributed by atoms with van der Waals surface area (Å²) in [5.74, 6) is 1.43. The van der Waals surface area contributed by atoms with Gasteiger partial charge in [-0.05, 0) is 78.5 Å². The maximum absolute atomic E-state index is 13.4. The quantitative estimate of drug-likeness (QED) is 0.0636. The number of aliphatic hydroxyl groups excluding tert-OH is 1. The molecule has 3 aromatic rings.